The van der Waals surface area contributed by atoms with Crippen LogP contribution in [0, 0.1) is 5.92 Å². The van der Waals surface area contributed by atoms with Crippen molar-refractivity contribution in [3.8, 4) is 0 Å². The third kappa shape index (κ3) is 3.34. The molecule has 134 valence electrons. The van der Waals surface area contributed by atoms with Crippen LogP contribution in [0.2, 0.25) is 0 Å². The molecule has 4 heterocycles. The van der Waals surface area contributed by atoms with Crippen molar-refractivity contribution in [2.45, 2.75) is 25.0 Å². The van der Waals surface area contributed by atoms with Crippen molar-refractivity contribution in [2.75, 3.05) is 26.2 Å². The Morgan fingerprint density at radius 2 is 2.36 bits per heavy atom. The molecule has 0 aromatic carbocycles. The number of aryl methyl sites for hydroxylation is 1. The summed E-state index contributed by atoms with van der Waals surface area (Å²) >= 11 is 0. The summed E-state index contributed by atoms with van der Waals surface area (Å²) in [6, 6.07) is 3.40. The molecule has 1 amide bonds. The lowest BCUT2D eigenvalue weighted by Crippen LogP contribution is -2.64. The molecule has 1 N–H and O–H groups in total. The second-order valence-corrected chi connectivity index (χ2v) is 7.09. The van der Waals surface area contributed by atoms with E-state index in [1.807, 2.05) is 17.9 Å². The maximum absolute atomic E-state index is 11.9. The minimum Gasteiger partial charge on any atom is -0.459 e. The molecule has 0 saturated carbocycles. The summed E-state index contributed by atoms with van der Waals surface area (Å²) in [5, 5.41) is 7.16. The van der Waals surface area contributed by atoms with Crippen LogP contribution < -0.4 is 5.32 Å². The largest absolute Gasteiger partial charge is 0.459 e. The topological polar surface area (TPSA) is 72.5 Å². The Morgan fingerprint density at radius 1 is 1.48 bits per heavy atom. The Hall–Kier alpha value is -2.12. The van der Waals surface area contributed by atoms with Crippen molar-refractivity contribution in [2.24, 2.45) is 13.0 Å². The molecule has 2 aromatic heterocycles. The van der Waals surface area contributed by atoms with Gasteiger partial charge in [0.15, 0.2) is 5.76 Å². The minimum absolute atomic E-state index is 0.0301. The molecule has 2 aliphatic rings. The summed E-state index contributed by atoms with van der Waals surface area (Å²) in [6.45, 7) is 4.30. The summed E-state index contributed by atoms with van der Waals surface area (Å²) in [5.41, 5.74) is 1.20. The molecular weight excluding hydrogens is 320 g/mol. The monoisotopic (exact) mass is 344 g/mol. The van der Waals surface area contributed by atoms with Gasteiger partial charge in [-0.1, -0.05) is 0 Å². The lowest BCUT2D eigenvalue weighted by Gasteiger charge is -2.50. The van der Waals surface area contributed by atoms with E-state index in [1.54, 1.807) is 12.1 Å². The number of carbonyl (C=O) groups excluding carboxylic acids is 1. The summed E-state index contributed by atoms with van der Waals surface area (Å²) < 4.78 is 13.0. The second kappa shape index (κ2) is 6.65. The van der Waals surface area contributed by atoms with Crippen LogP contribution >= 0.6 is 0 Å². The predicted octanol–water partition coefficient (Wildman–Crippen LogP) is 1.42. The van der Waals surface area contributed by atoms with Crippen LogP contribution in [0.15, 0.2) is 35.2 Å². The van der Waals surface area contributed by atoms with Gasteiger partial charge in [0.1, 0.15) is 0 Å². The molecule has 0 radical (unpaired) electrons. The first-order chi connectivity index (χ1) is 12.1. The zero-order valence-electron chi connectivity index (χ0n) is 14.5. The van der Waals surface area contributed by atoms with Crippen molar-refractivity contribution >= 4 is 5.91 Å². The molecule has 2 fully saturated rings. The van der Waals surface area contributed by atoms with E-state index < -0.39 is 0 Å². The normalized spacial score (nSPS) is 22.2. The molecule has 25 heavy (non-hydrogen) atoms. The highest BCUT2D eigenvalue weighted by Gasteiger charge is 2.52. The maximum Gasteiger partial charge on any atom is 0.286 e. The molecule has 2 aromatic rings. The highest BCUT2D eigenvalue weighted by molar-refractivity contribution is 5.91. The average Bonchev–Trinajstić information content (AvgIpc) is 3.28. The second-order valence-electron chi connectivity index (χ2n) is 7.09. The van der Waals surface area contributed by atoms with Crippen molar-refractivity contribution < 1.29 is 13.9 Å². The van der Waals surface area contributed by atoms with E-state index in [-0.39, 0.29) is 11.5 Å². The van der Waals surface area contributed by atoms with Gasteiger partial charge in [-0.2, -0.15) is 5.10 Å². The Bertz CT molecular complexity index is 719. The standard InChI is InChI=1S/C18H24N4O3/c1-21-10-14(9-20-21)11-22-12-18(13-22)15(5-8-25-18)4-6-19-17(23)16-3-2-7-24-16/h2-3,7,9-10,15H,4-6,8,11-13H2,1H3,(H,19,23). The van der Waals surface area contributed by atoms with Gasteiger partial charge in [-0.25, -0.2) is 0 Å². The number of rotatable bonds is 6. The van der Waals surface area contributed by atoms with Gasteiger partial charge >= 0.3 is 0 Å². The number of aromatic nitrogens is 2. The Balaban J connectivity index is 1.25. The molecule has 2 saturated heterocycles. The van der Waals surface area contributed by atoms with Gasteiger partial charge in [-0.05, 0) is 30.9 Å². The molecule has 1 unspecified atom stereocenters. The van der Waals surface area contributed by atoms with Gasteiger partial charge < -0.3 is 14.5 Å². The highest BCUT2D eigenvalue weighted by atomic mass is 16.5. The lowest BCUT2D eigenvalue weighted by molar-refractivity contribution is -0.136. The molecule has 0 bridgehead atoms. The van der Waals surface area contributed by atoms with Gasteiger partial charge in [0.05, 0.1) is 18.1 Å². The number of amides is 1. The highest BCUT2D eigenvalue weighted by Crippen LogP contribution is 2.41. The minimum atomic E-state index is -0.148. The van der Waals surface area contributed by atoms with Gasteiger partial charge in [-0.3, -0.25) is 14.4 Å². The first kappa shape index (κ1) is 16.4. The first-order valence-corrected chi connectivity index (χ1v) is 8.80. The zero-order chi connectivity index (χ0) is 17.3. The zero-order valence-corrected chi connectivity index (χ0v) is 14.5. The third-order valence-electron chi connectivity index (χ3n) is 5.27. The van der Waals surface area contributed by atoms with Gasteiger partial charge in [0.2, 0.25) is 0 Å². The van der Waals surface area contributed by atoms with Crippen LogP contribution in [0.5, 0.6) is 0 Å². The SMILES string of the molecule is Cn1cc(CN2CC3(C2)OCCC3CCNC(=O)c2ccco2)cn1. The number of carbonyl (C=O) groups is 1. The van der Waals surface area contributed by atoms with Crippen molar-refractivity contribution in [1.29, 1.82) is 0 Å². The quantitative estimate of drug-likeness (QED) is 0.858. The van der Waals surface area contributed by atoms with Crippen LogP contribution in [-0.4, -0.2) is 52.4 Å². The molecule has 1 atom stereocenters. The van der Waals surface area contributed by atoms with E-state index in [9.17, 15) is 4.79 Å². The number of nitrogens with zero attached hydrogens (tertiary/aromatic N) is 3. The molecular formula is C18H24N4O3. The smallest absolute Gasteiger partial charge is 0.286 e. The Morgan fingerprint density at radius 3 is 3.08 bits per heavy atom. The van der Waals surface area contributed by atoms with E-state index in [2.05, 4.69) is 21.5 Å². The molecule has 4 rings (SSSR count). The summed E-state index contributed by atoms with van der Waals surface area (Å²) in [6.07, 6.45) is 7.49. The molecule has 7 heteroatoms. The summed E-state index contributed by atoms with van der Waals surface area (Å²) in [5.74, 6) is 0.711. The molecule has 1 spiro atoms. The number of likely N-dealkylation sites (tertiary alicyclic amines) is 1. The van der Waals surface area contributed by atoms with Crippen molar-refractivity contribution in [3.63, 3.8) is 0 Å². The van der Waals surface area contributed by atoms with Crippen LogP contribution in [0.4, 0.5) is 0 Å². The van der Waals surface area contributed by atoms with E-state index in [0.29, 0.717) is 18.2 Å². The predicted molar refractivity (Wildman–Crippen MR) is 90.9 cm³/mol. The van der Waals surface area contributed by atoms with E-state index in [4.69, 9.17) is 9.15 Å². The van der Waals surface area contributed by atoms with Gasteiger partial charge in [0.25, 0.3) is 5.91 Å². The Kier molecular flexibility index (Phi) is 4.35. The van der Waals surface area contributed by atoms with Gasteiger partial charge in [0, 0.05) is 51.6 Å². The van der Waals surface area contributed by atoms with Crippen molar-refractivity contribution in [1.82, 2.24) is 20.0 Å². The molecule has 2 aliphatic heterocycles. The number of hydrogen-bond acceptors (Lipinski definition) is 5. The van der Waals surface area contributed by atoms with Crippen LogP contribution in [0.3, 0.4) is 0 Å². The summed E-state index contributed by atoms with van der Waals surface area (Å²) in [7, 11) is 1.94. The summed E-state index contributed by atoms with van der Waals surface area (Å²) in [4.78, 5) is 14.3. The lowest BCUT2D eigenvalue weighted by atomic mass is 9.79. The number of nitrogens with one attached hydrogen (secondary N) is 1. The van der Waals surface area contributed by atoms with E-state index >= 15 is 0 Å². The first-order valence-electron chi connectivity index (χ1n) is 8.80. The number of ether oxygens (including phenoxy) is 1. The fourth-order valence-electron chi connectivity index (χ4n) is 4.03. The molecule has 7 nitrogen and oxygen atoms in total. The van der Waals surface area contributed by atoms with Crippen LogP contribution in [0.25, 0.3) is 0 Å². The fraction of sp³-hybridized carbons (Fsp3) is 0.556. The van der Waals surface area contributed by atoms with Crippen LogP contribution in [0.1, 0.15) is 29.0 Å². The van der Waals surface area contributed by atoms with Gasteiger partial charge in [-0.15, -0.1) is 0 Å². The van der Waals surface area contributed by atoms with E-state index in [1.165, 1.54) is 11.8 Å². The molecule has 0 aliphatic carbocycles. The Labute approximate surface area is 146 Å². The van der Waals surface area contributed by atoms with Crippen molar-refractivity contribution in [3.05, 3.63) is 42.1 Å². The fourth-order valence-corrected chi connectivity index (χ4v) is 4.03. The third-order valence-corrected chi connectivity index (χ3v) is 5.27. The average molecular weight is 344 g/mol. The number of hydrogen-bond donors (Lipinski definition) is 1. The number of furan rings is 1. The van der Waals surface area contributed by atoms with E-state index in [0.717, 1.165) is 39.1 Å². The maximum atomic E-state index is 11.9. The van der Waals surface area contributed by atoms with Crippen LogP contribution in [-0.2, 0) is 18.3 Å².